The van der Waals surface area contributed by atoms with Gasteiger partial charge in [-0.2, -0.15) is 0 Å². The SMILES string of the molecule is c1ccc(-n2c3ccccc3c3nc4c5ccccc5n(-c5ccc6[nH]c7ccccc7c6c5)c4nc32)cc1. The van der Waals surface area contributed by atoms with Crippen molar-refractivity contribution in [2.75, 3.05) is 0 Å². The average molecular weight is 500 g/mol. The molecule has 9 aromatic rings. The Balaban J connectivity index is 1.44. The van der Waals surface area contributed by atoms with E-state index in [0.717, 1.165) is 66.5 Å². The molecule has 5 heteroatoms. The van der Waals surface area contributed by atoms with Crippen molar-refractivity contribution in [1.82, 2.24) is 24.1 Å². The van der Waals surface area contributed by atoms with E-state index in [0.29, 0.717) is 0 Å². The number of benzene rings is 5. The van der Waals surface area contributed by atoms with Crippen LogP contribution in [0.3, 0.4) is 0 Å². The van der Waals surface area contributed by atoms with Crippen molar-refractivity contribution in [3.63, 3.8) is 0 Å². The minimum atomic E-state index is 0.850. The highest BCUT2D eigenvalue weighted by Crippen LogP contribution is 2.36. The lowest BCUT2D eigenvalue weighted by atomic mass is 10.1. The zero-order valence-electron chi connectivity index (χ0n) is 20.8. The van der Waals surface area contributed by atoms with Crippen molar-refractivity contribution in [2.45, 2.75) is 0 Å². The maximum atomic E-state index is 5.39. The lowest BCUT2D eigenvalue weighted by Gasteiger charge is -2.09. The first-order valence-electron chi connectivity index (χ1n) is 13.1. The molecule has 182 valence electrons. The number of hydrogen-bond donors (Lipinski definition) is 1. The van der Waals surface area contributed by atoms with Gasteiger partial charge < -0.3 is 4.98 Å². The predicted molar refractivity (Wildman–Crippen MR) is 160 cm³/mol. The topological polar surface area (TPSA) is 51.4 Å². The molecule has 0 spiro atoms. The number of aromatic nitrogens is 5. The second-order valence-electron chi connectivity index (χ2n) is 10.0. The standard InChI is InChI=1S/C34H21N5/c1-2-10-21(11-3-1)38-29-16-8-5-13-24(29)31-33(38)37-34-32(36-31)25-14-6-9-17-30(25)39(34)22-18-19-28-26(20-22)23-12-4-7-15-27(23)35-28/h1-20,35H. The first kappa shape index (κ1) is 20.6. The molecule has 0 amide bonds. The maximum absolute atomic E-state index is 5.39. The Morgan fingerprint density at radius 2 is 1.00 bits per heavy atom. The molecule has 0 radical (unpaired) electrons. The Labute approximate surface area is 222 Å². The summed E-state index contributed by atoms with van der Waals surface area (Å²) in [7, 11) is 0. The summed E-state index contributed by atoms with van der Waals surface area (Å²) in [6.45, 7) is 0. The summed E-state index contributed by atoms with van der Waals surface area (Å²) in [4.78, 5) is 14.3. The summed E-state index contributed by atoms with van der Waals surface area (Å²) in [5.41, 5.74) is 10.1. The molecular formula is C34H21N5. The average Bonchev–Trinajstić information content (AvgIpc) is 3.63. The molecule has 0 saturated heterocycles. The van der Waals surface area contributed by atoms with Crippen LogP contribution in [0.5, 0.6) is 0 Å². The monoisotopic (exact) mass is 499 g/mol. The molecule has 5 nitrogen and oxygen atoms in total. The van der Waals surface area contributed by atoms with Crippen molar-refractivity contribution in [1.29, 1.82) is 0 Å². The fourth-order valence-corrected chi connectivity index (χ4v) is 6.13. The molecule has 0 saturated carbocycles. The largest absolute Gasteiger partial charge is 0.355 e. The minimum absolute atomic E-state index is 0.850. The van der Waals surface area contributed by atoms with Crippen LogP contribution < -0.4 is 0 Å². The highest BCUT2D eigenvalue weighted by Gasteiger charge is 2.21. The van der Waals surface area contributed by atoms with E-state index >= 15 is 0 Å². The highest BCUT2D eigenvalue weighted by atomic mass is 15.1. The van der Waals surface area contributed by atoms with E-state index in [4.69, 9.17) is 9.97 Å². The lowest BCUT2D eigenvalue weighted by Crippen LogP contribution is -1.99. The van der Waals surface area contributed by atoms with Crippen LogP contribution in [-0.2, 0) is 0 Å². The molecule has 5 aromatic carbocycles. The van der Waals surface area contributed by atoms with Crippen LogP contribution in [0.4, 0.5) is 0 Å². The van der Waals surface area contributed by atoms with Crippen molar-refractivity contribution in [3.05, 3.63) is 121 Å². The van der Waals surface area contributed by atoms with Crippen molar-refractivity contribution >= 4 is 65.9 Å². The molecule has 4 heterocycles. The summed E-state index contributed by atoms with van der Waals surface area (Å²) < 4.78 is 4.48. The van der Waals surface area contributed by atoms with Crippen LogP contribution in [0.1, 0.15) is 0 Å². The van der Waals surface area contributed by atoms with Gasteiger partial charge in [0.1, 0.15) is 11.0 Å². The summed E-state index contributed by atoms with van der Waals surface area (Å²) in [6, 6.07) is 42.4. The predicted octanol–water partition coefficient (Wildman–Crippen LogP) is 8.31. The Kier molecular flexibility index (Phi) is 3.99. The summed E-state index contributed by atoms with van der Waals surface area (Å²) >= 11 is 0. The number of nitrogens with zero attached hydrogens (tertiary/aromatic N) is 4. The number of H-pyrrole nitrogens is 1. The van der Waals surface area contributed by atoms with E-state index in [1.54, 1.807) is 0 Å². The van der Waals surface area contributed by atoms with Gasteiger partial charge >= 0.3 is 0 Å². The Bertz CT molecular complexity index is 2390. The van der Waals surface area contributed by atoms with Crippen LogP contribution in [-0.4, -0.2) is 24.1 Å². The number of rotatable bonds is 2. The van der Waals surface area contributed by atoms with Gasteiger partial charge in [-0.1, -0.05) is 72.8 Å². The Hall–Kier alpha value is -5.42. The van der Waals surface area contributed by atoms with Crippen LogP contribution in [0.2, 0.25) is 0 Å². The Morgan fingerprint density at radius 3 is 1.72 bits per heavy atom. The maximum Gasteiger partial charge on any atom is 0.166 e. The third-order valence-corrected chi connectivity index (χ3v) is 7.85. The van der Waals surface area contributed by atoms with Gasteiger partial charge in [-0.05, 0) is 48.5 Å². The second kappa shape index (κ2) is 7.55. The normalized spacial score (nSPS) is 12.1. The van der Waals surface area contributed by atoms with Crippen molar-refractivity contribution in [2.24, 2.45) is 0 Å². The van der Waals surface area contributed by atoms with Crippen LogP contribution >= 0.6 is 0 Å². The summed E-state index contributed by atoms with van der Waals surface area (Å²) in [5.74, 6) is 0. The first-order chi connectivity index (χ1) is 19.3. The molecule has 0 aliphatic rings. The number of aromatic amines is 1. The van der Waals surface area contributed by atoms with Crippen molar-refractivity contribution in [3.8, 4) is 11.4 Å². The van der Waals surface area contributed by atoms with Crippen LogP contribution in [0, 0.1) is 0 Å². The number of para-hydroxylation sites is 4. The highest BCUT2D eigenvalue weighted by molar-refractivity contribution is 6.13. The molecule has 4 aromatic heterocycles. The van der Waals surface area contributed by atoms with Crippen LogP contribution in [0.15, 0.2) is 121 Å². The third-order valence-electron chi connectivity index (χ3n) is 7.85. The van der Waals surface area contributed by atoms with E-state index in [1.807, 2.05) is 6.07 Å². The van der Waals surface area contributed by atoms with Gasteiger partial charge in [-0.15, -0.1) is 0 Å². The molecular weight excluding hydrogens is 478 g/mol. The van der Waals surface area contributed by atoms with E-state index in [9.17, 15) is 0 Å². The second-order valence-corrected chi connectivity index (χ2v) is 10.0. The molecule has 0 unspecified atom stereocenters. The van der Waals surface area contributed by atoms with Gasteiger partial charge in [-0.3, -0.25) is 9.13 Å². The summed E-state index contributed by atoms with van der Waals surface area (Å²) in [5, 5.41) is 4.61. The smallest absolute Gasteiger partial charge is 0.166 e. The zero-order valence-corrected chi connectivity index (χ0v) is 20.8. The molecule has 1 N–H and O–H groups in total. The van der Waals surface area contributed by atoms with Gasteiger partial charge in [-0.25, -0.2) is 9.97 Å². The van der Waals surface area contributed by atoms with Gasteiger partial charge in [0.15, 0.2) is 11.3 Å². The van der Waals surface area contributed by atoms with Gasteiger partial charge in [0, 0.05) is 44.0 Å². The first-order valence-corrected chi connectivity index (χ1v) is 13.1. The zero-order chi connectivity index (χ0) is 25.5. The van der Waals surface area contributed by atoms with Crippen molar-refractivity contribution < 1.29 is 0 Å². The fourth-order valence-electron chi connectivity index (χ4n) is 6.13. The van der Waals surface area contributed by atoms with E-state index < -0.39 is 0 Å². The van der Waals surface area contributed by atoms with E-state index in [1.165, 1.54) is 10.8 Å². The molecule has 0 aliphatic heterocycles. The summed E-state index contributed by atoms with van der Waals surface area (Å²) in [6.07, 6.45) is 0. The van der Waals surface area contributed by atoms with E-state index in [2.05, 4.69) is 129 Å². The number of hydrogen-bond acceptors (Lipinski definition) is 2. The quantitative estimate of drug-likeness (QED) is 0.260. The fraction of sp³-hybridized carbons (Fsp3) is 0. The molecule has 0 fully saturated rings. The lowest BCUT2D eigenvalue weighted by molar-refractivity contribution is 1.10. The number of nitrogens with one attached hydrogen (secondary N) is 1. The van der Waals surface area contributed by atoms with Gasteiger partial charge in [0.2, 0.25) is 0 Å². The molecule has 0 bridgehead atoms. The van der Waals surface area contributed by atoms with E-state index in [-0.39, 0.29) is 0 Å². The molecule has 9 rings (SSSR count). The number of fused-ring (bicyclic) bond motifs is 9. The third kappa shape index (κ3) is 2.79. The van der Waals surface area contributed by atoms with Gasteiger partial charge in [0.25, 0.3) is 0 Å². The minimum Gasteiger partial charge on any atom is -0.355 e. The van der Waals surface area contributed by atoms with Crippen LogP contribution in [0.25, 0.3) is 77.3 Å². The Morgan fingerprint density at radius 1 is 0.436 bits per heavy atom. The molecule has 39 heavy (non-hydrogen) atoms. The molecule has 0 aliphatic carbocycles. The van der Waals surface area contributed by atoms with Gasteiger partial charge in [0.05, 0.1) is 11.0 Å². The molecule has 0 atom stereocenters.